The molecule has 0 aliphatic heterocycles. The Kier molecular flexibility index (Phi) is 7.15. The molecule has 0 bridgehead atoms. The second-order valence-corrected chi connectivity index (χ2v) is 10.5. The van der Waals surface area contributed by atoms with Crippen molar-refractivity contribution in [1.82, 2.24) is 0 Å². The van der Waals surface area contributed by atoms with E-state index in [1.807, 2.05) is 57.2 Å². The van der Waals surface area contributed by atoms with Crippen molar-refractivity contribution >= 4 is 55.6 Å². The fourth-order valence-corrected chi connectivity index (χ4v) is 5.87. The zero-order valence-corrected chi connectivity index (χ0v) is 21.6. The van der Waals surface area contributed by atoms with Crippen LogP contribution in [-0.4, -0.2) is 0 Å². The second-order valence-electron chi connectivity index (χ2n) is 6.52. The van der Waals surface area contributed by atoms with Gasteiger partial charge in [-0.05, 0) is 122 Å². The maximum Gasteiger partial charge on any atom is 0.647 e. The third-order valence-electron chi connectivity index (χ3n) is 3.89. The maximum atomic E-state index is 13.7. The standard InChI is InChI=1S/C21H18Br3O4P/c1-13-4-7-19(16(22)10-13)26-29(25,27-20-8-5-14(2)11-17(20)23)28-21-9-6-15(3)12-18(21)24/h4-12H,1-3H3. The largest absolute Gasteiger partial charge is 0.647 e. The molecule has 3 aromatic carbocycles. The van der Waals surface area contributed by atoms with Gasteiger partial charge in [0.1, 0.15) is 17.2 Å². The van der Waals surface area contributed by atoms with E-state index in [1.54, 1.807) is 18.2 Å². The predicted octanol–water partition coefficient (Wildman–Crippen LogP) is 8.54. The van der Waals surface area contributed by atoms with Crippen molar-refractivity contribution in [2.45, 2.75) is 20.8 Å². The van der Waals surface area contributed by atoms with E-state index in [0.717, 1.165) is 16.7 Å². The van der Waals surface area contributed by atoms with Crippen molar-refractivity contribution in [2.24, 2.45) is 0 Å². The lowest BCUT2D eigenvalue weighted by Crippen LogP contribution is -2.08. The number of phosphoric acid groups is 1. The topological polar surface area (TPSA) is 44.8 Å². The van der Waals surface area contributed by atoms with E-state index in [4.69, 9.17) is 13.6 Å². The maximum absolute atomic E-state index is 13.7. The Morgan fingerprint density at radius 2 is 0.862 bits per heavy atom. The van der Waals surface area contributed by atoms with Crippen LogP contribution in [0, 0.1) is 20.8 Å². The van der Waals surface area contributed by atoms with E-state index >= 15 is 0 Å². The summed E-state index contributed by atoms with van der Waals surface area (Å²) in [6.45, 7) is 5.86. The lowest BCUT2D eigenvalue weighted by Gasteiger charge is -2.21. The van der Waals surface area contributed by atoms with E-state index in [-0.39, 0.29) is 0 Å². The first-order chi connectivity index (χ1) is 13.6. The normalized spacial score (nSPS) is 11.2. The number of hydrogen-bond donors (Lipinski definition) is 0. The number of hydrogen-bond acceptors (Lipinski definition) is 4. The average Bonchev–Trinajstić information content (AvgIpc) is 2.63. The van der Waals surface area contributed by atoms with Crippen LogP contribution in [0.1, 0.15) is 16.7 Å². The molecule has 0 unspecified atom stereocenters. The molecule has 4 nitrogen and oxygen atoms in total. The van der Waals surface area contributed by atoms with Crippen molar-refractivity contribution in [3.63, 3.8) is 0 Å². The van der Waals surface area contributed by atoms with Crippen molar-refractivity contribution in [1.29, 1.82) is 0 Å². The first kappa shape index (κ1) is 22.4. The van der Waals surface area contributed by atoms with Crippen molar-refractivity contribution in [2.75, 3.05) is 0 Å². The molecule has 152 valence electrons. The van der Waals surface area contributed by atoms with Crippen LogP contribution in [0.3, 0.4) is 0 Å². The van der Waals surface area contributed by atoms with Crippen LogP contribution in [0.2, 0.25) is 0 Å². The van der Waals surface area contributed by atoms with Gasteiger partial charge in [-0.15, -0.1) is 0 Å². The van der Waals surface area contributed by atoms with Crippen LogP contribution in [0.4, 0.5) is 0 Å². The predicted molar refractivity (Wildman–Crippen MR) is 126 cm³/mol. The highest BCUT2D eigenvalue weighted by molar-refractivity contribution is 9.11. The van der Waals surface area contributed by atoms with Gasteiger partial charge in [0, 0.05) is 0 Å². The lowest BCUT2D eigenvalue weighted by molar-refractivity contribution is 0.296. The van der Waals surface area contributed by atoms with Crippen molar-refractivity contribution in [3.05, 3.63) is 84.7 Å². The minimum absolute atomic E-state index is 0.352. The zero-order chi connectivity index (χ0) is 21.2. The quantitative estimate of drug-likeness (QED) is 0.265. The first-order valence-corrected chi connectivity index (χ1v) is 12.5. The molecule has 3 rings (SSSR count). The minimum atomic E-state index is -4.10. The Balaban J connectivity index is 2.00. The number of halogens is 3. The highest BCUT2D eigenvalue weighted by Gasteiger charge is 2.35. The van der Waals surface area contributed by atoms with Gasteiger partial charge >= 0.3 is 7.82 Å². The summed E-state index contributed by atoms with van der Waals surface area (Å²) in [5, 5.41) is 0. The number of phosphoric ester groups is 1. The molecular formula is C21H18Br3O4P. The Bertz CT molecular complexity index is 965. The van der Waals surface area contributed by atoms with Gasteiger partial charge in [0.05, 0.1) is 13.4 Å². The fraction of sp³-hybridized carbons (Fsp3) is 0.143. The van der Waals surface area contributed by atoms with Crippen LogP contribution in [0.25, 0.3) is 0 Å². The highest BCUT2D eigenvalue weighted by Crippen LogP contribution is 2.53. The highest BCUT2D eigenvalue weighted by atomic mass is 79.9. The molecule has 0 amide bonds. The molecule has 0 aliphatic rings. The summed E-state index contributed by atoms with van der Waals surface area (Å²) >= 11 is 10.3. The third kappa shape index (κ3) is 5.88. The molecule has 0 spiro atoms. The second kappa shape index (κ2) is 9.25. The van der Waals surface area contributed by atoms with Crippen LogP contribution in [0.5, 0.6) is 17.2 Å². The molecule has 29 heavy (non-hydrogen) atoms. The summed E-state index contributed by atoms with van der Waals surface area (Å²) in [4.78, 5) is 0. The molecule has 3 aromatic rings. The lowest BCUT2D eigenvalue weighted by atomic mass is 10.2. The Hall–Kier alpha value is -1.27. The van der Waals surface area contributed by atoms with Gasteiger partial charge in [-0.3, -0.25) is 0 Å². The summed E-state index contributed by atoms with van der Waals surface area (Å²) in [6, 6.07) is 16.3. The van der Waals surface area contributed by atoms with Crippen LogP contribution in [-0.2, 0) is 4.57 Å². The van der Waals surface area contributed by atoms with E-state index in [9.17, 15) is 4.57 Å². The molecule has 0 radical (unpaired) electrons. The monoisotopic (exact) mass is 602 g/mol. The van der Waals surface area contributed by atoms with Crippen molar-refractivity contribution in [3.8, 4) is 17.2 Å². The van der Waals surface area contributed by atoms with E-state index in [2.05, 4.69) is 47.8 Å². The molecule has 0 saturated heterocycles. The molecule has 8 heteroatoms. The number of rotatable bonds is 6. The van der Waals surface area contributed by atoms with Gasteiger partial charge in [0.15, 0.2) is 0 Å². The Labute approximate surface area is 195 Å². The minimum Gasteiger partial charge on any atom is -0.385 e. The molecule has 0 saturated carbocycles. The van der Waals surface area contributed by atoms with Crippen LogP contribution < -0.4 is 13.6 Å². The van der Waals surface area contributed by atoms with Crippen molar-refractivity contribution < 1.29 is 18.1 Å². The van der Waals surface area contributed by atoms with Gasteiger partial charge in [0.25, 0.3) is 0 Å². The molecule has 0 aromatic heterocycles. The smallest absolute Gasteiger partial charge is 0.385 e. The molecule has 0 atom stereocenters. The third-order valence-corrected chi connectivity index (χ3v) is 7.01. The van der Waals surface area contributed by atoms with Gasteiger partial charge in [-0.1, -0.05) is 18.2 Å². The molecule has 0 aliphatic carbocycles. The average molecular weight is 605 g/mol. The summed E-state index contributed by atoms with van der Waals surface area (Å²) in [7, 11) is -4.10. The molecule has 0 fully saturated rings. The summed E-state index contributed by atoms with van der Waals surface area (Å²) in [5.41, 5.74) is 3.09. The zero-order valence-electron chi connectivity index (χ0n) is 15.9. The molecule has 0 N–H and O–H groups in total. The summed E-state index contributed by atoms with van der Waals surface area (Å²) in [6.07, 6.45) is 0. The number of benzene rings is 3. The van der Waals surface area contributed by atoms with E-state index < -0.39 is 7.82 Å². The molecule has 0 heterocycles. The van der Waals surface area contributed by atoms with Gasteiger partial charge in [0.2, 0.25) is 0 Å². The van der Waals surface area contributed by atoms with Crippen LogP contribution >= 0.6 is 55.6 Å². The van der Waals surface area contributed by atoms with Gasteiger partial charge in [-0.2, -0.15) is 4.57 Å². The van der Waals surface area contributed by atoms with E-state index in [0.29, 0.717) is 30.7 Å². The molecular weight excluding hydrogens is 587 g/mol. The summed E-state index contributed by atoms with van der Waals surface area (Å²) < 4.78 is 33.0. The van der Waals surface area contributed by atoms with Crippen LogP contribution in [0.15, 0.2) is 68.0 Å². The summed E-state index contributed by atoms with van der Waals surface area (Å²) in [5.74, 6) is 1.06. The Morgan fingerprint density at radius 1 is 0.586 bits per heavy atom. The fourth-order valence-electron chi connectivity index (χ4n) is 2.46. The Morgan fingerprint density at radius 3 is 1.10 bits per heavy atom. The first-order valence-electron chi connectivity index (χ1n) is 8.62. The van der Waals surface area contributed by atoms with Gasteiger partial charge in [-0.25, -0.2) is 0 Å². The van der Waals surface area contributed by atoms with Gasteiger partial charge < -0.3 is 13.6 Å². The SMILES string of the molecule is Cc1ccc(OP(=O)(Oc2ccc(C)cc2Br)Oc2ccc(C)cc2Br)c(Br)c1. The number of aryl methyl sites for hydroxylation is 3. The van der Waals surface area contributed by atoms with E-state index in [1.165, 1.54) is 0 Å².